The first kappa shape index (κ1) is 62.6. The molecular formula is C60H102O6. The molecule has 0 saturated heterocycles. The summed E-state index contributed by atoms with van der Waals surface area (Å²) < 4.78 is 16.8. The van der Waals surface area contributed by atoms with E-state index in [9.17, 15) is 14.4 Å². The predicted octanol–water partition coefficient (Wildman–Crippen LogP) is 18.4. The number of allylic oxidation sites excluding steroid dienone is 14. The van der Waals surface area contributed by atoms with Crippen LogP contribution in [0.5, 0.6) is 0 Å². The topological polar surface area (TPSA) is 78.9 Å². The van der Waals surface area contributed by atoms with Crippen LogP contribution in [0, 0.1) is 0 Å². The molecule has 0 unspecified atom stereocenters. The van der Waals surface area contributed by atoms with Crippen LogP contribution in [-0.4, -0.2) is 37.2 Å². The molecule has 0 aromatic carbocycles. The fraction of sp³-hybridized carbons (Fsp3) is 0.717. The molecular weight excluding hydrogens is 817 g/mol. The fourth-order valence-corrected chi connectivity index (χ4v) is 7.38. The van der Waals surface area contributed by atoms with E-state index in [0.29, 0.717) is 19.3 Å². The molecule has 0 N–H and O–H groups in total. The van der Waals surface area contributed by atoms with Gasteiger partial charge >= 0.3 is 17.9 Å². The molecule has 0 aromatic rings. The van der Waals surface area contributed by atoms with Gasteiger partial charge in [0.05, 0.1) is 0 Å². The van der Waals surface area contributed by atoms with Gasteiger partial charge in [-0.15, -0.1) is 0 Å². The number of hydrogen-bond donors (Lipinski definition) is 0. The van der Waals surface area contributed by atoms with Gasteiger partial charge in [0.25, 0.3) is 0 Å². The molecule has 1 atom stereocenters. The van der Waals surface area contributed by atoms with Gasteiger partial charge in [-0.3, -0.25) is 14.4 Å². The van der Waals surface area contributed by atoms with Gasteiger partial charge in [-0.1, -0.05) is 209 Å². The molecule has 0 aliphatic rings. The van der Waals surface area contributed by atoms with Gasteiger partial charge in [-0.2, -0.15) is 0 Å². The quantitative estimate of drug-likeness (QED) is 0.0262. The van der Waals surface area contributed by atoms with Crippen molar-refractivity contribution in [2.75, 3.05) is 13.2 Å². The molecule has 0 aliphatic carbocycles. The molecule has 6 heteroatoms. The zero-order chi connectivity index (χ0) is 47.9. The van der Waals surface area contributed by atoms with Gasteiger partial charge in [0, 0.05) is 19.3 Å². The van der Waals surface area contributed by atoms with Crippen molar-refractivity contribution in [2.24, 2.45) is 0 Å². The summed E-state index contributed by atoms with van der Waals surface area (Å²) in [5, 5.41) is 0. The lowest BCUT2D eigenvalue weighted by atomic mass is 10.1. The first-order chi connectivity index (χ1) is 32.5. The molecule has 6 nitrogen and oxygen atoms in total. The van der Waals surface area contributed by atoms with Crippen LogP contribution in [0.1, 0.15) is 258 Å². The van der Waals surface area contributed by atoms with E-state index in [1.165, 1.54) is 89.9 Å². The molecule has 0 aliphatic heterocycles. The molecule has 66 heavy (non-hydrogen) atoms. The zero-order valence-corrected chi connectivity index (χ0v) is 43.2. The van der Waals surface area contributed by atoms with Gasteiger partial charge in [0.15, 0.2) is 6.10 Å². The molecule has 0 heterocycles. The van der Waals surface area contributed by atoms with Crippen molar-refractivity contribution >= 4 is 17.9 Å². The van der Waals surface area contributed by atoms with E-state index in [4.69, 9.17) is 14.2 Å². The third-order valence-corrected chi connectivity index (χ3v) is 11.6. The van der Waals surface area contributed by atoms with Crippen LogP contribution in [0.2, 0.25) is 0 Å². The van der Waals surface area contributed by atoms with Crippen LogP contribution in [0.25, 0.3) is 0 Å². The summed E-state index contributed by atoms with van der Waals surface area (Å²) >= 11 is 0. The number of carbonyl (C=O) groups is 3. The fourth-order valence-electron chi connectivity index (χ4n) is 7.38. The smallest absolute Gasteiger partial charge is 0.306 e. The molecule has 378 valence electrons. The van der Waals surface area contributed by atoms with Crippen molar-refractivity contribution in [2.45, 2.75) is 264 Å². The summed E-state index contributed by atoms with van der Waals surface area (Å²) in [6.45, 7) is 6.51. The van der Waals surface area contributed by atoms with E-state index in [0.717, 1.165) is 128 Å². The Morgan fingerprint density at radius 2 is 0.561 bits per heavy atom. The molecule has 0 aromatic heterocycles. The summed E-state index contributed by atoms with van der Waals surface area (Å²) in [4.78, 5) is 38.1. The molecule has 0 saturated carbocycles. The highest BCUT2D eigenvalue weighted by Gasteiger charge is 2.19. The third-order valence-electron chi connectivity index (χ3n) is 11.6. The Bertz CT molecular complexity index is 1290. The van der Waals surface area contributed by atoms with Gasteiger partial charge in [-0.05, 0) is 116 Å². The second-order valence-corrected chi connectivity index (χ2v) is 18.1. The third kappa shape index (κ3) is 51.6. The molecule has 0 radical (unpaired) electrons. The van der Waals surface area contributed by atoms with E-state index in [1.807, 2.05) is 0 Å². The maximum absolute atomic E-state index is 12.8. The largest absolute Gasteiger partial charge is 0.462 e. The Morgan fingerprint density at radius 3 is 0.894 bits per heavy atom. The summed E-state index contributed by atoms with van der Waals surface area (Å²) in [6.07, 6.45) is 69.9. The average molecular weight is 919 g/mol. The maximum Gasteiger partial charge on any atom is 0.306 e. The van der Waals surface area contributed by atoms with E-state index in [1.54, 1.807) is 0 Å². The van der Waals surface area contributed by atoms with E-state index < -0.39 is 6.10 Å². The highest BCUT2D eigenvalue weighted by Crippen LogP contribution is 2.14. The molecule has 0 spiro atoms. The van der Waals surface area contributed by atoms with E-state index in [2.05, 4.69) is 106 Å². The number of unbranched alkanes of at least 4 members (excludes halogenated alkanes) is 24. The summed E-state index contributed by atoms with van der Waals surface area (Å²) in [7, 11) is 0. The van der Waals surface area contributed by atoms with Crippen LogP contribution >= 0.6 is 0 Å². The Balaban J connectivity index is 4.44. The van der Waals surface area contributed by atoms with Gasteiger partial charge in [0.1, 0.15) is 13.2 Å². The average Bonchev–Trinajstić information content (AvgIpc) is 3.31. The number of ether oxygens (including phenoxy) is 3. The molecule has 0 fully saturated rings. The summed E-state index contributed by atoms with van der Waals surface area (Å²) in [5.74, 6) is -0.931. The van der Waals surface area contributed by atoms with Gasteiger partial charge in [-0.25, -0.2) is 0 Å². The van der Waals surface area contributed by atoms with E-state index >= 15 is 0 Å². The Kier molecular flexibility index (Phi) is 51.4. The van der Waals surface area contributed by atoms with Crippen molar-refractivity contribution in [3.05, 3.63) is 85.1 Å². The Labute approximate surface area is 407 Å². The van der Waals surface area contributed by atoms with Crippen LogP contribution in [-0.2, 0) is 28.6 Å². The SMILES string of the molecule is CCCC/C=C\C/C=C\CCCCCCCC(=O)OC[C@H](COC(=O)CCCCCCCC/C=C\C/C=C\C/C=C\CCCCC)OC(=O)CCCCCCC/C=C\C/C=C\CCCCC. The standard InChI is InChI=1S/C60H102O6/c1-4-7-10-13-16-19-22-25-28-29-30-31-33-35-38-41-44-47-50-53-59(62)65-56-57(55-64-58(61)52-49-46-43-40-37-34-27-24-21-18-15-12-9-6-3)66-60(63)54-51-48-45-42-39-36-32-26-23-20-17-14-11-8-5-2/h15-20,24-28,30-32,57H,4-14,21-23,29,33-56H2,1-3H3/b18-15-,19-16-,20-17-,27-24-,28-25-,31-30-,32-26-/t57-/m1/s1. The normalized spacial score (nSPS) is 12.7. The van der Waals surface area contributed by atoms with Crippen molar-refractivity contribution in [1.82, 2.24) is 0 Å². The van der Waals surface area contributed by atoms with Crippen molar-refractivity contribution in [3.8, 4) is 0 Å². The lowest BCUT2D eigenvalue weighted by molar-refractivity contribution is -0.167. The maximum atomic E-state index is 12.8. The van der Waals surface area contributed by atoms with E-state index in [-0.39, 0.29) is 31.1 Å². The number of hydrogen-bond acceptors (Lipinski definition) is 6. The second kappa shape index (κ2) is 54.2. The van der Waals surface area contributed by atoms with Gasteiger partial charge in [0.2, 0.25) is 0 Å². The van der Waals surface area contributed by atoms with Crippen molar-refractivity contribution in [1.29, 1.82) is 0 Å². The zero-order valence-electron chi connectivity index (χ0n) is 43.2. The Morgan fingerprint density at radius 1 is 0.303 bits per heavy atom. The number of esters is 3. The number of carbonyl (C=O) groups excluding carboxylic acids is 3. The van der Waals surface area contributed by atoms with Crippen molar-refractivity contribution in [3.63, 3.8) is 0 Å². The summed E-state index contributed by atoms with van der Waals surface area (Å²) in [6, 6.07) is 0. The minimum atomic E-state index is -0.796. The molecule has 0 rings (SSSR count). The highest BCUT2D eigenvalue weighted by molar-refractivity contribution is 5.71. The molecule has 0 bridgehead atoms. The lowest BCUT2D eigenvalue weighted by Gasteiger charge is -2.18. The predicted molar refractivity (Wildman–Crippen MR) is 284 cm³/mol. The lowest BCUT2D eigenvalue weighted by Crippen LogP contribution is -2.30. The van der Waals surface area contributed by atoms with Crippen LogP contribution in [0.3, 0.4) is 0 Å². The van der Waals surface area contributed by atoms with Crippen LogP contribution in [0.4, 0.5) is 0 Å². The highest BCUT2D eigenvalue weighted by atomic mass is 16.6. The number of rotatable bonds is 49. The first-order valence-corrected chi connectivity index (χ1v) is 27.6. The first-order valence-electron chi connectivity index (χ1n) is 27.6. The van der Waals surface area contributed by atoms with Gasteiger partial charge < -0.3 is 14.2 Å². The minimum absolute atomic E-state index is 0.0942. The minimum Gasteiger partial charge on any atom is -0.462 e. The monoisotopic (exact) mass is 919 g/mol. The van der Waals surface area contributed by atoms with Crippen molar-refractivity contribution < 1.29 is 28.6 Å². The second-order valence-electron chi connectivity index (χ2n) is 18.1. The Hall–Kier alpha value is -3.41. The summed E-state index contributed by atoms with van der Waals surface area (Å²) in [5.41, 5.74) is 0. The van der Waals surface area contributed by atoms with Crippen LogP contribution < -0.4 is 0 Å². The van der Waals surface area contributed by atoms with Crippen LogP contribution in [0.15, 0.2) is 85.1 Å². The molecule has 0 amide bonds.